The van der Waals surface area contributed by atoms with Crippen molar-refractivity contribution in [1.82, 2.24) is 5.32 Å². The van der Waals surface area contributed by atoms with Gasteiger partial charge in [0, 0.05) is 6.54 Å². The Hall–Kier alpha value is -0.235. The van der Waals surface area contributed by atoms with Crippen molar-refractivity contribution in [2.45, 2.75) is 0 Å². The third-order valence-electron chi connectivity index (χ3n) is 0.917. The van der Waals surface area contributed by atoms with Gasteiger partial charge in [-0.3, -0.25) is 0 Å². The Kier molecular flexibility index (Phi) is 1.33. The van der Waals surface area contributed by atoms with Crippen molar-refractivity contribution < 1.29 is 0 Å². The molecule has 0 amide bonds. The van der Waals surface area contributed by atoms with Gasteiger partial charge in [0.1, 0.15) is 0 Å². The maximum Gasteiger partial charge on any atom is 0.163 e. The average molecular weight is 80.9 g/mol. The molecule has 0 aromatic rings. The van der Waals surface area contributed by atoms with E-state index in [1.165, 1.54) is 7.28 Å². The first-order chi connectivity index (χ1) is 3.00. The van der Waals surface area contributed by atoms with Crippen molar-refractivity contribution >= 4 is 7.28 Å². The normalized spacial score (nSPS) is 20.0. The molecule has 1 N–H and O–H groups in total. The van der Waals surface area contributed by atoms with Gasteiger partial charge in [0.15, 0.2) is 7.28 Å². The fourth-order valence-electron chi connectivity index (χ4n) is 0.572. The summed E-state index contributed by atoms with van der Waals surface area (Å²) in [6.07, 6.45) is 3.32. The van der Waals surface area contributed by atoms with Crippen LogP contribution >= 0.6 is 0 Å². The summed E-state index contributed by atoms with van der Waals surface area (Å²) >= 11 is 0. The Morgan fingerprint density at radius 3 is 2.83 bits per heavy atom. The van der Waals surface area contributed by atoms with Crippen molar-refractivity contribution in [2.75, 3.05) is 13.0 Å². The number of rotatable bonds is 0. The standard InChI is InChI=1S/C4H8BN/c1-2-5-4-6-3-1/h1-2,5-6H,3-4H2. The highest BCUT2D eigenvalue weighted by atomic mass is 14.8. The first kappa shape index (κ1) is 3.94. The summed E-state index contributed by atoms with van der Waals surface area (Å²) < 4.78 is 0. The lowest BCUT2D eigenvalue weighted by Crippen LogP contribution is -2.23. The summed E-state index contributed by atoms with van der Waals surface area (Å²) in [5, 5.41) is 3.20. The molecule has 1 nitrogen and oxygen atoms in total. The number of nitrogens with one attached hydrogen (secondary N) is 1. The predicted octanol–water partition coefficient (Wildman–Crippen LogP) is -0.503. The summed E-state index contributed by atoms with van der Waals surface area (Å²) in [7, 11) is 1.21. The zero-order valence-corrected chi connectivity index (χ0v) is 3.78. The molecule has 0 saturated carbocycles. The Bertz CT molecular complexity index is 52.6. The molecule has 0 aromatic carbocycles. The van der Waals surface area contributed by atoms with Gasteiger partial charge in [0.05, 0.1) is 0 Å². The fourth-order valence-corrected chi connectivity index (χ4v) is 0.572. The summed E-state index contributed by atoms with van der Waals surface area (Å²) in [6, 6.07) is 0. The molecule has 0 radical (unpaired) electrons. The molecule has 0 aromatic heterocycles. The summed E-state index contributed by atoms with van der Waals surface area (Å²) in [5.74, 6) is 2.20. The lowest BCUT2D eigenvalue weighted by atomic mass is 9.77. The van der Waals surface area contributed by atoms with Gasteiger partial charge in [-0.25, -0.2) is 0 Å². The first-order valence-corrected chi connectivity index (χ1v) is 2.36. The van der Waals surface area contributed by atoms with Crippen LogP contribution in [0.15, 0.2) is 12.1 Å². The molecular formula is C4H8BN. The molecule has 0 bridgehead atoms. The molecule has 1 rings (SSSR count). The van der Waals surface area contributed by atoms with E-state index in [0.717, 1.165) is 13.0 Å². The lowest BCUT2D eigenvalue weighted by Gasteiger charge is -1.99. The Morgan fingerprint density at radius 2 is 2.67 bits per heavy atom. The largest absolute Gasteiger partial charge is 0.321 e. The smallest absolute Gasteiger partial charge is 0.163 e. The van der Waals surface area contributed by atoms with Gasteiger partial charge in [-0.15, -0.1) is 5.98 Å². The monoisotopic (exact) mass is 81.1 g/mol. The second-order valence-electron chi connectivity index (χ2n) is 1.46. The van der Waals surface area contributed by atoms with Crippen LogP contribution in [0, 0.1) is 0 Å². The quantitative estimate of drug-likeness (QED) is 0.387. The van der Waals surface area contributed by atoms with E-state index in [9.17, 15) is 0 Å². The van der Waals surface area contributed by atoms with Crippen LogP contribution in [0.2, 0.25) is 0 Å². The molecule has 1 aliphatic heterocycles. The van der Waals surface area contributed by atoms with Crippen molar-refractivity contribution in [2.24, 2.45) is 0 Å². The predicted molar refractivity (Wildman–Crippen MR) is 29.2 cm³/mol. The van der Waals surface area contributed by atoms with E-state index in [4.69, 9.17) is 0 Å². The van der Waals surface area contributed by atoms with E-state index >= 15 is 0 Å². The fraction of sp³-hybridized carbons (Fsp3) is 0.500. The van der Waals surface area contributed by atoms with E-state index < -0.39 is 0 Å². The second kappa shape index (κ2) is 2.03. The number of hydrogen-bond donors (Lipinski definition) is 1. The maximum absolute atomic E-state index is 3.20. The van der Waals surface area contributed by atoms with Crippen molar-refractivity contribution in [3.63, 3.8) is 0 Å². The van der Waals surface area contributed by atoms with Gasteiger partial charge < -0.3 is 5.32 Å². The Balaban J connectivity index is 2.26. The Morgan fingerprint density at radius 1 is 1.67 bits per heavy atom. The minimum Gasteiger partial charge on any atom is -0.321 e. The minimum atomic E-state index is 1.07. The molecule has 1 aliphatic rings. The molecule has 6 heavy (non-hydrogen) atoms. The topological polar surface area (TPSA) is 12.0 Å². The van der Waals surface area contributed by atoms with Crippen LogP contribution < -0.4 is 5.32 Å². The van der Waals surface area contributed by atoms with E-state index in [1.807, 2.05) is 0 Å². The van der Waals surface area contributed by atoms with Crippen LogP contribution in [-0.2, 0) is 0 Å². The molecule has 0 unspecified atom stereocenters. The highest BCUT2D eigenvalue weighted by molar-refractivity contribution is 6.42. The van der Waals surface area contributed by atoms with Crippen LogP contribution in [0.5, 0.6) is 0 Å². The molecule has 0 spiro atoms. The van der Waals surface area contributed by atoms with Gasteiger partial charge in [-0.1, -0.05) is 6.08 Å². The van der Waals surface area contributed by atoms with Gasteiger partial charge >= 0.3 is 0 Å². The third-order valence-corrected chi connectivity index (χ3v) is 0.917. The first-order valence-electron chi connectivity index (χ1n) is 2.36. The van der Waals surface area contributed by atoms with Crippen molar-refractivity contribution in [3.05, 3.63) is 12.1 Å². The minimum absolute atomic E-state index is 1.07. The van der Waals surface area contributed by atoms with E-state index in [-0.39, 0.29) is 0 Å². The summed E-state index contributed by atoms with van der Waals surface area (Å²) in [5.41, 5.74) is 0. The SMILES string of the molecule is B1C=CCNC1. The van der Waals surface area contributed by atoms with Gasteiger partial charge in [-0.2, -0.15) is 0 Å². The molecule has 1 heterocycles. The molecule has 2 heteroatoms. The van der Waals surface area contributed by atoms with Gasteiger partial charge in [0.25, 0.3) is 0 Å². The van der Waals surface area contributed by atoms with Crippen LogP contribution in [0.4, 0.5) is 0 Å². The lowest BCUT2D eigenvalue weighted by molar-refractivity contribution is 0.871. The molecule has 0 atom stereocenters. The van der Waals surface area contributed by atoms with Gasteiger partial charge in [-0.05, 0) is 6.44 Å². The van der Waals surface area contributed by atoms with E-state index in [2.05, 4.69) is 17.4 Å². The zero-order valence-electron chi connectivity index (χ0n) is 3.78. The maximum atomic E-state index is 3.20. The van der Waals surface area contributed by atoms with Crippen molar-refractivity contribution in [1.29, 1.82) is 0 Å². The van der Waals surface area contributed by atoms with E-state index in [0.29, 0.717) is 0 Å². The summed E-state index contributed by atoms with van der Waals surface area (Å²) in [4.78, 5) is 0. The van der Waals surface area contributed by atoms with Crippen LogP contribution in [0.1, 0.15) is 0 Å². The van der Waals surface area contributed by atoms with Crippen molar-refractivity contribution in [3.8, 4) is 0 Å². The number of hydrogen-bond acceptors (Lipinski definition) is 1. The average Bonchev–Trinajstić information content (AvgIpc) is 1.72. The van der Waals surface area contributed by atoms with Crippen LogP contribution in [-0.4, -0.2) is 20.3 Å². The molecule has 0 aliphatic carbocycles. The highest BCUT2D eigenvalue weighted by Gasteiger charge is 1.87. The van der Waals surface area contributed by atoms with Crippen LogP contribution in [0.25, 0.3) is 0 Å². The molecule has 0 saturated heterocycles. The van der Waals surface area contributed by atoms with E-state index in [1.54, 1.807) is 0 Å². The Labute approximate surface area is 38.7 Å². The second-order valence-corrected chi connectivity index (χ2v) is 1.46. The highest BCUT2D eigenvalue weighted by Crippen LogP contribution is 1.73. The molecular weight excluding hydrogens is 72.9 g/mol. The van der Waals surface area contributed by atoms with Gasteiger partial charge in [0.2, 0.25) is 0 Å². The molecule has 32 valence electrons. The summed E-state index contributed by atoms with van der Waals surface area (Å²) in [6.45, 7) is 1.07. The molecule has 0 fully saturated rings. The third kappa shape index (κ3) is 0.866. The van der Waals surface area contributed by atoms with Crippen LogP contribution in [0.3, 0.4) is 0 Å². The zero-order chi connectivity index (χ0) is 4.24.